The summed E-state index contributed by atoms with van der Waals surface area (Å²) in [5.41, 5.74) is 4.40. The van der Waals surface area contributed by atoms with Crippen molar-refractivity contribution in [2.45, 2.75) is 32.1 Å². The van der Waals surface area contributed by atoms with Gasteiger partial charge in [0.15, 0.2) is 0 Å². The minimum Gasteiger partial charge on any atom is -0.371 e. The standard InChI is InChI=1S/C32H36F2N6O/c1-38(2)29-22-27(6-3-4-17-35-29)39-18-20-40(21-19-39)30(41)8-5-7-28-31(23-9-13-25(33)14-10-23)37-32(36-28)24-11-15-26(34)16-12-24/h4,9-17,22H,3,5-8,18-21H2,1-2H3,(H,36,37)/b17-4-,27-22?,35-29?. The van der Waals surface area contributed by atoms with Crippen LogP contribution in [-0.2, 0) is 11.2 Å². The number of nitrogens with zero attached hydrogens (tertiary/aromatic N) is 5. The molecule has 2 aromatic carbocycles. The molecule has 9 heteroatoms. The normalized spacial score (nSPS) is 16.5. The van der Waals surface area contributed by atoms with E-state index in [1.807, 2.05) is 30.1 Å². The summed E-state index contributed by atoms with van der Waals surface area (Å²) < 4.78 is 27.0. The zero-order valence-electron chi connectivity index (χ0n) is 23.6. The summed E-state index contributed by atoms with van der Waals surface area (Å²) in [6, 6.07) is 12.4. The number of piperazine rings is 1. The highest BCUT2D eigenvalue weighted by Gasteiger charge is 2.23. The fourth-order valence-electron chi connectivity index (χ4n) is 5.19. The second-order valence-corrected chi connectivity index (χ2v) is 10.6. The van der Waals surface area contributed by atoms with Crippen LogP contribution in [0.2, 0.25) is 0 Å². The molecule has 1 fully saturated rings. The van der Waals surface area contributed by atoms with Crippen LogP contribution >= 0.6 is 0 Å². The number of rotatable bonds is 7. The number of allylic oxidation sites excluding steroid dienone is 2. The minimum atomic E-state index is -0.316. The predicted molar refractivity (Wildman–Crippen MR) is 158 cm³/mol. The van der Waals surface area contributed by atoms with E-state index < -0.39 is 0 Å². The Balaban J connectivity index is 1.20. The van der Waals surface area contributed by atoms with Crippen molar-refractivity contribution in [1.29, 1.82) is 0 Å². The molecule has 214 valence electrons. The molecule has 1 aromatic heterocycles. The molecule has 0 spiro atoms. The van der Waals surface area contributed by atoms with Crippen molar-refractivity contribution in [2.75, 3.05) is 40.3 Å². The van der Waals surface area contributed by atoms with Crippen molar-refractivity contribution < 1.29 is 13.6 Å². The van der Waals surface area contributed by atoms with E-state index in [4.69, 9.17) is 4.98 Å². The van der Waals surface area contributed by atoms with Crippen LogP contribution in [0.15, 0.2) is 77.6 Å². The molecule has 2 aliphatic heterocycles. The van der Waals surface area contributed by atoms with Crippen molar-refractivity contribution in [2.24, 2.45) is 4.99 Å². The first-order valence-corrected chi connectivity index (χ1v) is 14.1. The highest BCUT2D eigenvalue weighted by Crippen LogP contribution is 2.28. The Kier molecular flexibility index (Phi) is 8.91. The number of nitrogens with one attached hydrogen (secondary N) is 1. The summed E-state index contributed by atoms with van der Waals surface area (Å²) in [4.78, 5) is 32.1. The average Bonchev–Trinajstić information content (AvgIpc) is 3.38. The average molecular weight is 559 g/mol. The molecule has 7 nitrogen and oxygen atoms in total. The number of benzene rings is 2. The van der Waals surface area contributed by atoms with E-state index in [0.29, 0.717) is 43.9 Å². The van der Waals surface area contributed by atoms with Crippen molar-refractivity contribution in [1.82, 2.24) is 24.7 Å². The molecule has 3 aromatic rings. The first kappa shape index (κ1) is 28.3. The third-order valence-corrected chi connectivity index (χ3v) is 7.50. The highest BCUT2D eigenvalue weighted by atomic mass is 19.1. The number of aliphatic imine (C=N–C) groups is 1. The molecular formula is C32H36F2N6O. The van der Waals surface area contributed by atoms with Gasteiger partial charge in [-0.05, 0) is 80.3 Å². The first-order chi connectivity index (χ1) is 19.9. The van der Waals surface area contributed by atoms with Gasteiger partial charge in [0.2, 0.25) is 5.91 Å². The van der Waals surface area contributed by atoms with Gasteiger partial charge < -0.3 is 19.7 Å². The van der Waals surface area contributed by atoms with Gasteiger partial charge in [0.25, 0.3) is 0 Å². The molecule has 1 N–H and O–H groups in total. The van der Waals surface area contributed by atoms with E-state index in [-0.39, 0.29) is 17.5 Å². The van der Waals surface area contributed by atoms with Crippen molar-refractivity contribution in [3.8, 4) is 22.6 Å². The van der Waals surface area contributed by atoms with Crippen molar-refractivity contribution in [3.63, 3.8) is 0 Å². The molecule has 3 heterocycles. The number of likely N-dealkylation sites (N-methyl/N-ethyl adjacent to an activating group) is 1. The number of aromatic amines is 1. The number of imidazole rings is 1. The van der Waals surface area contributed by atoms with Gasteiger partial charge in [-0.15, -0.1) is 0 Å². The summed E-state index contributed by atoms with van der Waals surface area (Å²) in [6.07, 6.45) is 9.72. The van der Waals surface area contributed by atoms with Gasteiger partial charge in [-0.3, -0.25) is 4.79 Å². The maximum Gasteiger partial charge on any atom is 0.222 e. The van der Waals surface area contributed by atoms with Crippen molar-refractivity contribution >= 4 is 11.7 Å². The van der Waals surface area contributed by atoms with Crippen LogP contribution in [0.1, 0.15) is 31.4 Å². The largest absolute Gasteiger partial charge is 0.371 e. The third-order valence-electron chi connectivity index (χ3n) is 7.50. The summed E-state index contributed by atoms with van der Waals surface area (Å²) in [6.45, 7) is 3.00. The molecule has 5 rings (SSSR count). The molecule has 0 bridgehead atoms. The number of amides is 1. The van der Waals surface area contributed by atoms with Gasteiger partial charge in [0, 0.05) is 75.4 Å². The number of aromatic nitrogens is 2. The van der Waals surface area contributed by atoms with Gasteiger partial charge in [-0.2, -0.15) is 0 Å². The van der Waals surface area contributed by atoms with E-state index in [1.54, 1.807) is 24.3 Å². The van der Waals surface area contributed by atoms with E-state index in [1.165, 1.54) is 30.0 Å². The van der Waals surface area contributed by atoms with E-state index in [9.17, 15) is 13.6 Å². The Hall–Kier alpha value is -4.27. The third kappa shape index (κ3) is 7.09. The van der Waals surface area contributed by atoms with Crippen LogP contribution in [0, 0.1) is 11.6 Å². The summed E-state index contributed by atoms with van der Waals surface area (Å²) in [5, 5.41) is 0. The van der Waals surface area contributed by atoms with Crippen LogP contribution in [0.3, 0.4) is 0 Å². The lowest BCUT2D eigenvalue weighted by Gasteiger charge is -2.38. The monoisotopic (exact) mass is 558 g/mol. The lowest BCUT2D eigenvalue weighted by Crippen LogP contribution is -2.48. The molecule has 0 radical (unpaired) electrons. The molecule has 1 amide bonds. The van der Waals surface area contributed by atoms with Gasteiger partial charge in [-0.25, -0.2) is 18.8 Å². The fourth-order valence-corrected chi connectivity index (χ4v) is 5.19. The second-order valence-electron chi connectivity index (χ2n) is 10.6. The zero-order valence-corrected chi connectivity index (χ0v) is 23.6. The minimum absolute atomic E-state index is 0.149. The Labute approximate surface area is 239 Å². The topological polar surface area (TPSA) is 67.8 Å². The summed E-state index contributed by atoms with van der Waals surface area (Å²) in [5.74, 6) is 1.06. The van der Waals surface area contributed by atoms with Crippen LogP contribution < -0.4 is 0 Å². The highest BCUT2D eigenvalue weighted by molar-refractivity contribution is 5.93. The first-order valence-electron chi connectivity index (χ1n) is 14.1. The number of H-pyrrole nitrogens is 1. The SMILES string of the molecule is CN(C)C1=N/C=C\CCC(N2CCN(C(=O)CCCc3[nH]c(-c4ccc(F)cc4)nc3-c3ccc(F)cc3)CC2)=C1. The Bertz CT molecular complexity index is 1430. The van der Waals surface area contributed by atoms with Crippen LogP contribution in [0.25, 0.3) is 22.6 Å². The summed E-state index contributed by atoms with van der Waals surface area (Å²) >= 11 is 0. The van der Waals surface area contributed by atoms with E-state index in [2.05, 4.69) is 27.0 Å². The summed E-state index contributed by atoms with van der Waals surface area (Å²) in [7, 11) is 3.99. The van der Waals surface area contributed by atoms with Gasteiger partial charge in [0.1, 0.15) is 23.3 Å². The molecule has 0 aliphatic carbocycles. The number of halogens is 2. The lowest BCUT2D eigenvalue weighted by atomic mass is 10.1. The molecule has 41 heavy (non-hydrogen) atoms. The van der Waals surface area contributed by atoms with Crippen LogP contribution in [-0.4, -0.2) is 76.7 Å². The molecule has 1 saturated heterocycles. The Morgan fingerprint density at radius 1 is 0.951 bits per heavy atom. The Morgan fingerprint density at radius 3 is 2.27 bits per heavy atom. The van der Waals surface area contributed by atoms with Gasteiger partial charge in [-0.1, -0.05) is 6.08 Å². The predicted octanol–water partition coefficient (Wildman–Crippen LogP) is 5.64. The van der Waals surface area contributed by atoms with E-state index >= 15 is 0 Å². The van der Waals surface area contributed by atoms with Crippen LogP contribution in [0.5, 0.6) is 0 Å². The number of amidine groups is 1. The van der Waals surface area contributed by atoms with Gasteiger partial charge in [0.05, 0.1) is 5.69 Å². The van der Waals surface area contributed by atoms with E-state index in [0.717, 1.165) is 48.6 Å². The molecule has 2 aliphatic rings. The number of aryl methyl sites for hydroxylation is 1. The number of hydrogen-bond acceptors (Lipinski definition) is 5. The number of carbonyl (C=O) groups excluding carboxylic acids is 1. The maximum absolute atomic E-state index is 13.6. The Morgan fingerprint density at radius 2 is 1.61 bits per heavy atom. The molecular weight excluding hydrogens is 522 g/mol. The molecule has 0 saturated carbocycles. The molecule has 0 unspecified atom stereocenters. The smallest absolute Gasteiger partial charge is 0.222 e. The van der Waals surface area contributed by atoms with Crippen molar-refractivity contribution in [3.05, 3.63) is 89.9 Å². The molecule has 0 atom stereocenters. The quantitative estimate of drug-likeness (QED) is 0.408. The zero-order chi connectivity index (χ0) is 28.8. The lowest BCUT2D eigenvalue weighted by molar-refractivity contribution is -0.132. The van der Waals surface area contributed by atoms with Crippen LogP contribution in [0.4, 0.5) is 8.78 Å². The number of carbonyl (C=O) groups is 1. The maximum atomic E-state index is 13.6. The second kappa shape index (κ2) is 12.9. The number of hydrogen-bond donors (Lipinski definition) is 1. The fraction of sp³-hybridized carbons (Fsp3) is 0.344. The van der Waals surface area contributed by atoms with Gasteiger partial charge >= 0.3 is 0 Å².